The number of nitrogens with one attached hydrogen (secondary N) is 1. The lowest BCUT2D eigenvalue weighted by molar-refractivity contribution is 0.294. The number of benzene rings is 1. The summed E-state index contributed by atoms with van der Waals surface area (Å²) in [5.74, 6) is 1.09. The molecule has 0 amide bonds. The molecule has 1 nitrogen and oxygen atoms in total. The smallest absolute Gasteiger partial charge is 0.127 e. The summed E-state index contributed by atoms with van der Waals surface area (Å²) in [5.41, 5.74) is 0.725. The molecular weight excluding hydrogens is 285 g/mol. The van der Waals surface area contributed by atoms with Gasteiger partial charge in [0.15, 0.2) is 0 Å². The number of hydrogen-bond donors (Lipinski definition) is 1. The van der Waals surface area contributed by atoms with Gasteiger partial charge in [-0.3, -0.25) is 0 Å². The minimum Gasteiger partial charge on any atom is -0.314 e. The van der Waals surface area contributed by atoms with Crippen LogP contribution in [0.25, 0.3) is 0 Å². The van der Waals surface area contributed by atoms with E-state index >= 15 is 0 Å². The summed E-state index contributed by atoms with van der Waals surface area (Å²) in [4.78, 5) is 0. The van der Waals surface area contributed by atoms with Crippen molar-refractivity contribution in [1.82, 2.24) is 5.32 Å². The van der Waals surface area contributed by atoms with E-state index in [0.717, 1.165) is 24.6 Å². The lowest BCUT2D eigenvalue weighted by Crippen LogP contribution is -2.30. The molecule has 0 radical (unpaired) electrons. The molecule has 1 aromatic carbocycles. The summed E-state index contributed by atoms with van der Waals surface area (Å²) in [6.45, 7) is 1.10. The molecule has 0 bridgehead atoms. The normalized spacial score (nSPS) is 26.6. The maximum Gasteiger partial charge on any atom is 0.127 e. The van der Waals surface area contributed by atoms with Crippen molar-refractivity contribution in [1.29, 1.82) is 0 Å². The highest BCUT2D eigenvalue weighted by atomic mass is 35.5. The van der Waals surface area contributed by atoms with Crippen LogP contribution in [0.3, 0.4) is 0 Å². The lowest BCUT2D eigenvalue weighted by Gasteiger charge is -2.26. The molecule has 3 heteroatoms. The van der Waals surface area contributed by atoms with Gasteiger partial charge in [-0.2, -0.15) is 0 Å². The van der Waals surface area contributed by atoms with Crippen LogP contribution in [0, 0.1) is 17.7 Å². The first kappa shape index (κ1) is 15.3. The van der Waals surface area contributed by atoms with Gasteiger partial charge in [0.1, 0.15) is 5.82 Å². The van der Waals surface area contributed by atoms with Crippen LogP contribution in [-0.2, 0) is 6.42 Å². The maximum atomic E-state index is 14.1. The molecule has 0 saturated heterocycles. The van der Waals surface area contributed by atoms with Crippen molar-refractivity contribution < 1.29 is 4.39 Å². The molecule has 21 heavy (non-hydrogen) atoms. The van der Waals surface area contributed by atoms with Crippen molar-refractivity contribution in [2.75, 3.05) is 6.54 Å². The Hall–Kier alpha value is -0.600. The molecule has 0 aliphatic heterocycles. The van der Waals surface area contributed by atoms with Gasteiger partial charge in [-0.05, 0) is 62.6 Å². The van der Waals surface area contributed by atoms with Crippen LogP contribution in [0.5, 0.6) is 0 Å². The van der Waals surface area contributed by atoms with E-state index in [9.17, 15) is 4.39 Å². The van der Waals surface area contributed by atoms with Gasteiger partial charge in [0.2, 0.25) is 0 Å². The standard InChI is InChI=1S/C18H25ClFN/c19-17-7-4-8-18(20)16(17)11-13-5-2-1-3-6-14(13)12-21-15-9-10-15/h4,7-8,13-15,21H,1-3,5-6,9-12H2. The predicted octanol–water partition coefficient (Wildman–Crippen LogP) is 4.97. The quantitative estimate of drug-likeness (QED) is 0.757. The summed E-state index contributed by atoms with van der Waals surface area (Å²) in [5, 5.41) is 4.26. The molecule has 0 spiro atoms. The second-order valence-corrected chi connectivity index (χ2v) is 7.15. The monoisotopic (exact) mass is 309 g/mol. The van der Waals surface area contributed by atoms with Gasteiger partial charge in [0.25, 0.3) is 0 Å². The molecule has 1 aromatic rings. The summed E-state index contributed by atoms with van der Waals surface area (Å²) >= 11 is 6.22. The van der Waals surface area contributed by atoms with Crippen molar-refractivity contribution in [2.45, 2.75) is 57.4 Å². The van der Waals surface area contributed by atoms with Gasteiger partial charge in [0, 0.05) is 16.6 Å². The van der Waals surface area contributed by atoms with Gasteiger partial charge in [-0.1, -0.05) is 36.9 Å². The topological polar surface area (TPSA) is 12.0 Å². The zero-order valence-corrected chi connectivity index (χ0v) is 13.3. The molecule has 2 aliphatic carbocycles. The van der Waals surface area contributed by atoms with Gasteiger partial charge in [-0.25, -0.2) is 4.39 Å². The molecule has 2 aliphatic rings. The first-order valence-corrected chi connectivity index (χ1v) is 8.78. The van der Waals surface area contributed by atoms with E-state index in [1.807, 2.05) is 6.07 Å². The van der Waals surface area contributed by atoms with Crippen molar-refractivity contribution in [2.24, 2.45) is 11.8 Å². The fraction of sp³-hybridized carbons (Fsp3) is 0.667. The number of halogens is 2. The second-order valence-electron chi connectivity index (χ2n) is 6.75. The Morgan fingerprint density at radius 3 is 2.52 bits per heavy atom. The molecule has 2 unspecified atom stereocenters. The van der Waals surface area contributed by atoms with Gasteiger partial charge in [-0.15, -0.1) is 0 Å². The Morgan fingerprint density at radius 1 is 1.05 bits per heavy atom. The zero-order chi connectivity index (χ0) is 14.7. The summed E-state index contributed by atoms with van der Waals surface area (Å²) in [6, 6.07) is 5.80. The van der Waals surface area contributed by atoms with Crippen molar-refractivity contribution in [3.63, 3.8) is 0 Å². The third-order valence-electron chi connectivity index (χ3n) is 5.09. The molecular formula is C18H25ClFN. The third kappa shape index (κ3) is 4.20. The Bertz CT molecular complexity index is 452. The Balaban J connectivity index is 1.69. The van der Waals surface area contributed by atoms with Crippen LogP contribution in [0.15, 0.2) is 18.2 Å². The van der Waals surface area contributed by atoms with Gasteiger partial charge in [0.05, 0.1) is 0 Å². The van der Waals surface area contributed by atoms with Crippen molar-refractivity contribution >= 4 is 11.6 Å². The van der Waals surface area contributed by atoms with E-state index in [2.05, 4.69) is 5.32 Å². The molecule has 0 heterocycles. The van der Waals surface area contributed by atoms with Crippen LogP contribution >= 0.6 is 11.6 Å². The van der Waals surface area contributed by atoms with E-state index in [4.69, 9.17) is 11.6 Å². The first-order chi connectivity index (χ1) is 10.2. The van der Waals surface area contributed by atoms with E-state index in [1.165, 1.54) is 51.0 Å². The number of hydrogen-bond acceptors (Lipinski definition) is 1. The number of rotatable bonds is 5. The SMILES string of the molecule is Fc1cccc(Cl)c1CC1CCCCCC1CNC1CC1. The Morgan fingerprint density at radius 2 is 1.81 bits per heavy atom. The van der Waals surface area contributed by atoms with Gasteiger partial charge >= 0.3 is 0 Å². The molecule has 2 atom stereocenters. The molecule has 116 valence electrons. The average molecular weight is 310 g/mol. The lowest BCUT2D eigenvalue weighted by atomic mass is 9.83. The summed E-state index contributed by atoms with van der Waals surface area (Å²) in [6.07, 6.45) is 9.85. The van der Waals surface area contributed by atoms with Crippen LogP contribution in [-0.4, -0.2) is 12.6 Å². The molecule has 2 saturated carbocycles. The zero-order valence-electron chi connectivity index (χ0n) is 12.6. The molecule has 3 rings (SSSR count). The van der Waals surface area contributed by atoms with Gasteiger partial charge < -0.3 is 5.32 Å². The van der Waals surface area contributed by atoms with Crippen LogP contribution in [0.1, 0.15) is 50.5 Å². The summed E-state index contributed by atoms with van der Waals surface area (Å²) < 4.78 is 14.1. The Kier molecular flexibility index (Phi) is 5.18. The average Bonchev–Trinajstić information content (AvgIpc) is 3.28. The van der Waals surface area contributed by atoms with Crippen molar-refractivity contribution in [3.8, 4) is 0 Å². The first-order valence-electron chi connectivity index (χ1n) is 8.40. The second kappa shape index (κ2) is 7.11. The minimum atomic E-state index is -0.138. The highest BCUT2D eigenvalue weighted by molar-refractivity contribution is 6.31. The van der Waals surface area contributed by atoms with Crippen LogP contribution in [0.4, 0.5) is 4.39 Å². The van der Waals surface area contributed by atoms with Crippen LogP contribution in [0.2, 0.25) is 5.02 Å². The largest absolute Gasteiger partial charge is 0.314 e. The van der Waals surface area contributed by atoms with E-state index in [1.54, 1.807) is 6.07 Å². The fourth-order valence-corrected chi connectivity index (χ4v) is 3.83. The predicted molar refractivity (Wildman–Crippen MR) is 86.2 cm³/mol. The van der Waals surface area contributed by atoms with E-state index < -0.39 is 0 Å². The summed E-state index contributed by atoms with van der Waals surface area (Å²) in [7, 11) is 0. The fourth-order valence-electron chi connectivity index (χ4n) is 3.59. The molecule has 2 fully saturated rings. The molecule has 1 N–H and O–H groups in total. The van der Waals surface area contributed by atoms with Crippen molar-refractivity contribution in [3.05, 3.63) is 34.6 Å². The van der Waals surface area contributed by atoms with Crippen LogP contribution < -0.4 is 5.32 Å². The van der Waals surface area contributed by atoms with E-state index in [0.29, 0.717) is 16.9 Å². The minimum absolute atomic E-state index is 0.138. The highest BCUT2D eigenvalue weighted by Crippen LogP contribution is 2.34. The highest BCUT2D eigenvalue weighted by Gasteiger charge is 2.28. The maximum absolute atomic E-state index is 14.1. The Labute approximate surface area is 132 Å². The van der Waals surface area contributed by atoms with E-state index in [-0.39, 0.29) is 5.82 Å². The molecule has 0 aromatic heterocycles. The third-order valence-corrected chi connectivity index (χ3v) is 5.44.